The van der Waals surface area contributed by atoms with Crippen LogP contribution in [0.5, 0.6) is 5.88 Å². The van der Waals surface area contributed by atoms with Gasteiger partial charge in [-0.2, -0.15) is 13.4 Å². The van der Waals surface area contributed by atoms with Gasteiger partial charge in [0, 0.05) is 24.3 Å². The third-order valence-electron chi connectivity index (χ3n) is 5.83. The van der Waals surface area contributed by atoms with Gasteiger partial charge in [0.15, 0.2) is 5.03 Å². The summed E-state index contributed by atoms with van der Waals surface area (Å²) in [4.78, 5) is 23.6. The number of carbonyl (C=O) groups excluding carboxylic acids is 1. The minimum Gasteiger partial charge on any atom is -0.477 e. The van der Waals surface area contributed by atoms with E-state index in [4.69, 9.17) is 4.74 Å². The van der Waals surface area contributed by atoms with E-state index in [1.54, 1.807) is 24.4 Å². The Hall–Kier alpha value is -2.68. The van der Waals surface area contributed by atoms with Crippen molar-refractivity contribution < 1.29 is 17.9 Å². The molecular weight excluding hydrogens is 428 g/mol. The molecule has 32 heavy (non-hydrogen) atoms. The molecule has 0 bridgehead atoms. The summed E-state index contributed by atoms with van der Waals surface area (Å²) in [5.41, 5.74) is -0.108. The van der Waals surface area contributed by atoms with Crippen molar-refractivity contribution in [3.8, 4) is 5.88 Å². The first kappa shape index (κ1) is 24.0. The van der Waals surface area contributed by atoms with E-state index in [0.717, 1.165) is 13.0 Å². The Balaban J connectivity index is 1.84. The molecule has 1 fully saturated rings. The van der Waals surface area contributed by atoms with Crippen molar-refractivity contribution in [1.82, 2.24) is 14.7 Å². The summed E-state index contributed by atoms with van der Waals surface area (Å²) < 4.78 is 33.5. The zero-order chi connectivity index (χ0) is 23.7. The Morgan fingerprint density at radius 1 is 1.25 bits per heavy atom. The Labute approximate surface area is 190 Å². The Bertz CT molecular complexity index is 1090. The van der Waals surface area contributed by atoms with Gasteiger partial charge >= 0.3 is 0 Å². The summed E-state index contributed by atoms with van der Waals surface area (Å²) in [6.07, 6.45) is 2.57. The molecule has 1 amide bonds. The van der Waals surface area contributed by atoms with Crippen LogP contribution in [0.1, 0.15) is 58.3 Å². The summed E-state index contributed by atoms with van der Waals surface area (Å²) >= 11 is 0. The molecule has 0 radical (unpaired) electrons. The number of nitrogens with zero attached hydrogens (tertiary/aromatic N) is 3. The van der Waals surface area contributed by atoms with Crippen molar-refractivity contribution in [2.45, 2.75) is 58.5 Å². The highest BCUT2D eigenvalue weighted by molar-refractivity contribution is 7.90. The fourth-order valence-corrected chi connectivity index (χ4v) is 4.47. The fraction of sp³-hybridized carbons (Fsp3) is 0.522. The first-order chi connectivity index (χ1) is 14.8. The first-order valence-corrected chi connectivity index (χ1v) is 12.2. The Morgan fingerprint density at radius 2 is 1.97 bits per heavy atom. The largest absolute Gasteiger partial charge is 0.477 e. The number of amides is 1. The number of carbonyl (C=O) groups is 1. The van der Waals surface area contributed by atoms with E-state index in [1.807, 2.05) is 20.8 Å². The number of anilines is 1. The van der Waals surface area contributed by atoms with E-state index in [0.29, 0.717) is 18.3 Å². The standard InChI is InChI=1S/C23H32N4O4S/c1-16-12-14-27(23(16,5)6)20-17(9-8-13-24-20)21(28)26-32(29,30)19-11-7-10-18(25-19)31-15-22(2,3)4/h7-11,13,16H,12,14-15H2,1-6H3,(H,26,28). The van der Waals surface area contributed by atoms with Gasteiger partial charge in [0.1, 0.15) is 5.82 Å². The molecule has 0 aromatic carbocycles. The molecule has 1 aliphatic rings. The number of pyridine rings is 2. The van der Waals surface area contributed by atoms with Crippen LogP contribution in [0.4, 0.5) is 5.82 Å². The third-order valence-corrected chi connectivity index (χ3v) is 7.06. The number of hydrogen-bond acceptors (Lipinski definition) is 7. The van der Waals surface area contributed by atoms with Crippen molar-refractivity contribution in [3.05, 3.63) is 42.1 Å². The van der Waals surface area contributed by atoms with Gasteiger partial charge in [-0.15, -0.1) is 0 Å². The average molecular weight is 461 g/mol. The molecule has 174 valence electrons. The number of sulfonamides is 1. The highest BCUT2D eigenvalue weighted by atomic mass is 32.2. The first-order valence-electron chi connectivity index (χ1n) is 10.7. The number of ether oxygens (including phenoxy) is 1. The van der Waals surface area contributed by atoms with Crippen molar-refractivity contribution in [1.29, 1.82) is 0 Å². The topological polar surface area (TPSA) is 101 Å². The van der Waals surface area contributed by atoms with Gasteiger partial charge in [-0.05, 0) is 49.8 Å². The van der Waals surface area contributed by atoms with Crippen molar-refractivity contribution >= 4 is 21.7 Å². The monoisotopic (exact) mass is 460 g/mol. The second-order valence-electron chi connectivity index (χ2n) is 9.97. The van der Waals surface area contributed by atoms with E-state index in [9.17, 15) is 13.2 Å². The number of rotatable bonds is 6. The summed E-state index contributed by atoms with van der Waals surface area (Å²) in [6, 6.07) is 7.66. The Kier molecular flexibility index (Phi) is 6.51. The minimum atomic E-state index is -4.20. The van der Waals surface area contributed by atoms with Crippen LogP contribution in [0.15, 0.2) is 41.6 Å². The number of nitrogens with one attached hydrogen (secondary N) is 1. The van der Waals surface area contributed by atoms with Gasteiger partial charge in [-0.3, -0.25) is 4.79 Å². The molecule has 3 heterocycles. The lowest BCUT2D eigenvalue weighted by molar-refractivity contribution is 0.0981. The summed E-state index contributed by atoms with van der Waals surface area (Å²) in [5, 5.41) is -0.280. The highest BCUT2D eigenvalue weighted by Gasteiger charge is 2.40. The van der Waals surface area contributed by atoms with Crippen LogP contribution in [0.3, 0.4) is 0 Å². The Morgan fingerprint density at radius 3 is 2.59 bits per heavy atom. The predicted octanol–water partition coefficient (Wildman–Crippen LogP) is 3.65. The molecule has 0 saturated carbocycles. The fourth-order valence-electron chi connectivity index (χ4n) is 3.54. The molecule has 2 aromatic heterocycles. The molecule has 2 aromatic rings. The molecule has 1 atom stereocenters. The van der Waals surface area contributed by atoms with E-state index >= 15 is 0 Å². The van der Waals surface area contributed by atoms with E-state index in [2.05, 4.69) is 40.4 Å². The SMILES string of the molecule is CC1CCN(c2ncccc2C(=O)NS(=O)(=O)c2cccc(OCC(C)(C)C)n2)C1(C)C. The second kappa shape index (κ2) is 8.69. The van der Waals surface area contributed by atoms with Gasteiger partial charge < -0.3 is 9.64 Å². The van der Waals surface area contributed by atoms with Crippen LogP contribution in [0.25, 0.3) is 0 Å². The molecule has 0 aliphatic carbocycles. The minimum absolute atomic E-state index is 0.109. The van der Waals surface area contributed by atoms with Crippen LogP contribution in [-0.2, 0) is 10.0 Å². The zero-order valence-electron chi connectivity index (χ0n) is 19.5. The predicted molar refractivity (Wildman–Crippen MR) is 123 cm³/mol. The summed E-state index contributed by atoms with van der Waals surface area (Å²) in [6.45, 7) is 13.5. The number of hydrogen-bond donors (Lipinski definition) is 1. The quantitative estimate of drug-likeness (QED) is 0.702. The molecule has 8 nitrogen and oxygen atoms in total. The van der Waals surface area contributed by atoms with Crippen LogP contribution < -0.4 is 14.4 Å². The summed E-state index contributed by atoms with van der Waals surface area (Å²) in [7, 11) is -4.20. The summed E-state index contributed by atoms with van der Waals surface area (Å²) in [5.74, 6) is 0.324. The maximum absolute atomic E-state index is 13.0. The molecular formula is C23H32N4O4S. The van der Waals surface area contributed by atoms with Crippen LogP contribution in [0.2, 0.25) is 0 Å². The van der Waals surface area contributed by atoms with Gasteiger partial charge in [0.05, 0.1) is 12.2 Å². The molecule has 1 aliphatic heterocycles. The highest BCUT2D eigenvalue weighted by Crippen LogP contribution is 2.38. The number of aromatic nitrogens is 2. The molecule has 3 rings (SSSR count). The van der Waals surface area contributed by atoms with Crippen molar-refractivity contribution in [2.24, 2.45) is 11.3 Å². The average Bonchev–Trinajstić information content (AvgIpc) is 2.98. The maximum atomic E-state index is 13.0. The lowest BCUT2D eigenvalue weighted by atomic mass is 9.90. The molecule has 1 unspecified atom stereocenters. The van der Waals surface area contributed by atoms with E-state index in [1.165, 1.54) is 12.1 Å². The van der Waals surface area contributed by atoms with Gasteiger partial charge in [0.2, 0.25) is 5.88 Å². The van der Waals surface area contributed by atoms with Crippen molar-refractivity contribution in [3.63, 3.8) is 0 Å². The van der Waals surface area contributed by atoms with E-state index in [-0.39, 0.29) is 27.4 Å². The van der Waals surface area contributed by atoms with Gasteiger partial charge in [0.25, 0.3) is 15.9 Å². The van der Waals surface area contributed by atoms with Gasteiger partial charge in [-0.25, -0.2) is 9.71 Å². The van der Waals surface area contributed by atoms with Crippen LogP contribution in [0, 0.1) is 11.3 Å². The smallest absolute Gasteiger partial charge is 0.281 e. The molecule has 1 saturated heterocycles. The second-order valence-corrected chi connectivity index (χ2v) is 11.6. The van der Waals surface area contributed by atoms with Crippen molar-refractivity contribution in [2.75, 3.05) is 18.1 Å². The lowest BCUT2D eigenvalue weighted by Crippen LogP contribution is -2.43. The van der Waals surface area contributed by atoms with Crippen LogP contribution in [-0.4, -0.2) is 43.0 Å². The zero-order valence-corrected chi connectivity index (χ0v) is 20.4. The lowest BCUT2D eigenvalue weighted by Gasteiger charge is -2.36. The molecule has 1 N–H and O–H groups in total. The molecule has 0 spiro atoms. The maximum Gasteiger partial charge on any atom is 0.281 e. The van der Waals surface area contributed by atoms with E-state index < -0.39 is 15.9 Å². The third kappa shape index (κ3) is 5.20. The molecule has 9 heteroatoms. The normalized spacial score (nSPS) is 18.4. The van der Waals surface area contributed by atoms with Crippen LogP contribution >= 0.6 is 0 Å². The van der Waals surface area contributed by atoms with Gasteiger partial charge in [-0.1, -0.05) is 33.8 Å².